The number of carbonyl (C=O) groups is 2. The number of ether oxygens (including phenoxy) is 1. The normalized spacial score (nSPS) is 10.2. The Hall–Kier alpha value is -3.38. The van der Waals surface area contributed by atoms with Crippen LogP contribution in [0.5, 0.6) is 5.75 Å². The Bertz CT molecular complexity index is 976. The summed E-state index contributed by atoms with van der Waals surface area (Å²) in [4.78, 5) is 28.7. The third-order valence-electron chi connectivity index (χ3n) is 4.02. The minimum atomic E-state index is -0.329. The van der Waals surface area contributed by atoms with Crippen molar-refractivity contribution >= 4 is 29.1 Å². The number of nitrogens with one attached hydrogen (secondary N) is 2. The monoisotopic (exact) mass is 395 g/mol. The summed E-state index contributed by atoms with van der Waals surface area (Å²) in [6.45, 7) is 0.401. The van der Waals surface area contributed by atoms with Crippen molar-refractivity contribution < 1.29 is 14.3 Å². The summed E-state index contributed by atoms with van der Waals surface area (Å²) in [5.74, 6) is -0.0468. The van der Waals surface area contributed by atoms with Crippen LogP contribution in [0.3, 0.4) is 0 Å². The van der Waals surface area contributed by atoms with E-state index in [-0.39, 0.29) is 11.8 Å². The Morgan fingerprint density at radius 2 is 1.61 bits per heavy atom. The molecule has 1 heterocycles. The summed E-state index contributed by atoms with van der Waals surface area (Å²) in [5, 5.41) is 6.07. The number of benzene rings is 2. The van der Waals surface area contributed by atoms with Gasteiger partial charge >= 0.3 is 0 Å². The molecule has 7 heteroatoms. The van der Waals surface area contributed by atoms with E-state index in [2.05, 4.69) is 15.6 Å². The van der Waals surface area contributed by atoms with Gasteiger partial charge in [-0.3, -0.25) is 14.6 Å². The topological polar surface area (TPSA) is 80.3 Å². The van der Waals surface area contributed by atoms with E-state index in [1.165, 1.54) is 7.11 Å². The molecule has 0 radical (unpaired) electrons. The average molecular weight is 396 g/mol. The van der Waals surface area contributed by atoms with Crippen LogP contribution in [0.25, 0.3) is 0 Å². The standard InChI is InChI=1S/C21H18ClN3O3/c1-28-19-7-6-17(22)12-18(19)25-21(27)16-4-2-15(3-5-16)20(26)24-13-14-8-10-23-11-9-14/h2-12H,13H2,1H3,(H,24,26)(H,25,27). The molecule has 3 aromatic rings. The Kier molecular flexibility index (Phi) is 6.24. The van der Waals surface area contributed by atoms with E-state index in [9.17, 15) is 9.59 Å². The van der Waals surface area contributed by atoms with Crippen LogP contribution in [-0.2, 0) is 6.54 Å². The highest BCUT2D eigenvalue weighted by atomic mass is 35.5. The smallest absolute Gasteiger partial charge is 0.255 e. The Balaban J connectivity index is 1.64. The van der Waals surface area contributed by atoms with Crippen LogP contribution in [0.15, 0.2) is 67.0 Å². The number of nitrogens with zero attached hydrogens (tertiary/aromatic N) is 1. The number of amides is 2. The van der Waals surface area contributed by atoms with Crippen molar-refractivity contribution in [1.29, 1.82) is 0 Å². The number of methoxy groups -OCH3 is 1. The van der Waals surface area contributed by atoms with E-state index in [0.29, 0.717) is 34.1 Å². The molecule has 28 heavy (non-hydrogen) atoms. The zero-order valence-electron chi connectivity index (χ0n) is 15.1. The molecule has 0 spiro atoms. The van der Waals surface area contributed by atoms with Crippen molar-refractivity contribution in [3.63, 3.8) is 0 Å². The van der Waals surface area contributed by atoms with Crippen molar-refractivity contribution in [2.45, 2.75) is 6.54 Å². The molecule has 2 aromatic carbocycles. The number of pyridine rings is 1. The van der Waals surface area contributed by atoms with Crippen molar-refractivity contribution in [3.05, 3.63) is 88.7 Å². The largest absolute Gasteiger partial charge is 0.495 e. The van der Waals surface area contributed by atoms with Gasteiger partial charge < -0.3 is 15.4 Å². The van der Waals surface area contributed by atoms with Gasteiger partial charge in [-0.1, -0.05) is 11.6 Å². The first kappa shape index (κ1) is 19.4. The maximum absolute atomic E-state index is 12.5. The molecule has 1 aromatic heterocycles. The number of halogens is 1. The molecule has 0 saturated heterocycles. The lowest BCUT2D eigenvalue weighted by Crippen LogP contribution is -2.23. The van der Waals surface area contributed by atoms with Gasteiger partial charge in [-0.25, -0.2) is 0 Å². The Labute approximate surface area is 167 Å². The summed E-state index contributed by atoms with van der Waals surface area (Å²) < 4.78 is 5.22. The first-order valence-corrected chi connectivity index (χ1v) is 8.86. The Morgan fingerprint density at radius 3 is 2.25 bits per heavy atom. The van der Waals surface area contributed by atoms with E-state index >= 15 is 0 Å². The second-order valence-corrected chi connectivity index (χ2v) is 6.35. The summed E-state index contributed by atoms with van der Waals surface area (Å²) in [5.41, 5.74) is 2.30. The third kappa shape index (κ3) is 4.86. The molecule has 2 amide bonds. The highest BCUT2D eigenvalue weighted by Crippen LogP contribution is 2.28. The van der Waals surface area contributed by atoms with Gasteiger partial charge in [-0.15, -0.1) is 0 Å². The van der Waals surface area contributed by atoms with Gasteiger partial charge in [0, 0.05) is 35.1 Å². The molecule has 6 nitrogen and oxygen atoms in total. The van der Waals surface area contributed by atoms with Gasteiger partial charge in [-0.05, 0) is 60.2 Å². The maximum atomic E-state index is 12.5. The van der Waals surface area contributed by atoms with Crippen molar-refractivity contribution in [3.8, 4) is 5.75 Å². The van der Waals surface area contributed by atoms with Gasteiger partial charge in [0.1, 0.15) is 5.75 Å². The van der Waals surface area contributed by atoms with Crippen LogP contribution < -0.4 is 15.4 Å². The Morgan fingerprint density at radius 1 is 0.964 bits per heavy atom. The summed E-state index contributed by atoms with van der Waals surface area (Å²) >= 11 is 5.98. The molecule has 0 aliphatic heterocycles. The van der Waals surface area contributed by atoms with E-state index in [0.717, 1.165) is 5.56 Å². The van der Waals surface area contributed by atoms with Gasteiger partial charge in [-0.2, -0.15) is 0 Å². The van der Waals surface area contributed by atoms with Crippen LogP contribution in [-0.4, -0.2) is 23.9 Å². The van der Waals surface area contributed by atoms with E-state index < -0.39 is 0 Å². The maximum Gasteiger partial charge on any atom is 0.255 e. The van der Waals surface area contributed by atoms with Crippen LogP contribution in [0, 0.1) is 0 Å². The van der Waals surface area contributed by atoms with E-state index in [1.54, 1.807) is 54.9 Å². The number of aromatic nitrogens is 1. The lowest BCUT2D eigenvalue weighted by atomic mass is 10.1. The predicted molar refractivity (Wildman–Crippen MR) is 108 cm³/mol. The third-order valence-corrected chi connectivity index (χ3v) is 4.26. The minimum Gasteiger partial charge on any atom is -0.495 e. The van der Waals surface area contributed by atoms with Gasteiger partial charge in [0.2, 0.25) is 0 Å². The average Bonchev–Trinajstić information content (AvgIpc) is 2.73. The second kappa shape index (κ2) is 9.01. The molecule has 0 atom stereocenters. The van der Waals surface area contributed by atoms with Crippen molar-refractivity contribution in [2.75, 3.05) is 12.4 Å². The molecule has 3 rings (SSSR count). The molecule has 0 unspecified atom stereocenters. The van der Waals surface area contributed by atoms with Gasteiger partial charge in [0.15, 0.2) is 0 Å². The lowest BCUT2D eigenvalue weighted by molar-refractivity contribution is 0.0949. The molecule has 0 aliphatic carbocycles. The van der Waals surface area contributed by atoms with E-state index in [4.69, 9.17) is 16.3 Å². The van der Waals surface area contributed by atoms with Crippen LogP contribution in [0.2, 0.25) is 5.02 Å². The van der Waals surface area contributed by atoms with Crippen molar-refractivity contribution in [1.82, 2.24) is 10.3 Å². The fourth-order valence-electron chi connectivity index (χ4n) is 2.53. The summed E-state index contributed by atoms with van der Waals surface area (Å²) in [6.07, 6.45) is 3.34. The van der Waals surface area contributed by atoms with Crippen LogP contribution in [0.4, 0.5) is 5.69 Å². The zero-order chi connectivity index (χ0) is 19.9. The second-order valence-electron chi connectivity index (χ2n) is 5.91. The molecule has 0 aliphatic rings. The quantitative estimate of drug-likeness (QED) is 0.662. The van der Waals surface area contributed by atoms with Gasteiger partial charge in [0.05, 0.1) is 12.8 Å². The minimum absolute atomic E-state index is 0.222. The number of hydrogen-bond donors (Lipinski definition) is 2. The first-order valence-electron chi connectivity index (χ1n) is 8.49. The molecule has 0 bridgehead atoms. The fourth-order valence-corrected chi connectivity index (χ4v) is 2.70. The molecule has 2 N–H and O–H groups in total. The molecule has 0 saturated carbocycles. The highest BCUT2D eigenvalue weighted by Gasteiger charge is 2.12. The number of anilines is 1. The fraction of sp³-hybridized carbons (Fsp3) is 0.0952. The molecular formula is C21H18ClN3O3. The van der Waals surface area contributed by atoms with E-state index in [1.807, 2.05) is 12.1 Å². The van der Waals surface area contributed by atoms with Crippen molar-refractivity contribution in [2.24, 2.45) is 0 Å². The molecule has 142 valence electrons. The predicted octanol–water partition coefficient (Wildman–Crippen LogP) is 3.93. The number of hydrogen-bond acceptors (Lipinski definition) is 4. The first-order chi connectivity index (χ1) is 13.6. The van der Waals surface area contributed by atoms with Crippen LogP contribution >= 0.6 is 11.6 Å². The summed E-state index contributed by atoms with van der Waals surface area (Å²) in [6, 6.07) is 15.0. The zero-order valence-corrected chi connectivity index (χ0v) is 15.9. The lowest BCUT2D eigenvalue weighted by Gasteiger charge is -2.11. The number of carbonyl (C=O) groups excluding carboxylic acids is 2. The highest BCUT2D eigenvalue weighted by molar-refractivity contribution is 6.31. The SMILES string of the molecule is COc1ccc(Cl)cc1NC(=O)c1ccc(C(=O)NCc2ccncc2)cc1. The molecule has 0 fully saturated rings. The van der Waals surface area contributed by atoms with Crippen LogP contribution in [0.1, 0.15) is 26.3 Å². The number of rotatable bonds is 6. The molecular weight excluding hydrogens is 378 g/mol. The van der Waals surface area contributed by atoms with Gasteiger partial charge in [0.25, 0.3) is 11.8 Å². The summed E-state index contributed by atoms with van der Waals surface area (Å²) in [7, 11) is 1.51.